The second kappa shape index (κ2) is 3.61. The third-order valence-electron chi connectivity index (χ3n) is 2.09. The Balaban J connectivity index is 3.10. The average molecular weight is 164 g/mol. The molecule has 1 aromatic carbocycles. The van der Waals surface area contributed by atoms with Gasteiger partial charge in [-0.15, -0.1) is 0 Å². The molecule has 0 saturated carbocycles. The summed E-state index contributed by atoms with van der Waals surface area (Å²) in [6, 6.07) is 3.95. The minimum atomic E-state index is 0.453. The lowest BCUT2D eigenvalue weighted by Crippen LogP contribution is -1.90. The van der Waals surface area contributed by atoms with E-state index in [9.17, 15) is 5.11 Å². The second-order valence-corrected chi connectivity index (χ2v) is 3.33. The minimum Gasteiger partial charge on any atom is -0.508 e. The Kier molecular flexibility index (Phi) is 2.74. The summed E-state index contributed by atoms with van der Waals surface area (Å²) in [5.41, 5.74) is 3.43. The molecule has 0 bridgehead atoms. The summed E-state index contributed by atoms with van der Waals surface area (Å²) in [4.78, 5) is 0. The summed E-state index contributed by atoms with van der Waals surface area (Å²) in [5, 5.41) is 9.60. The molecule has 0 atom stereocenters. The summed E-state index contributed by atoms with van der Waals surface area (Å²) in [6.07, 6.45) is 2.05. The number of aromatic hydroxyl groups is 1. The predicted octanol–water partition coefficient (Wildman–Crippen LogP) is 2.96. The van der Waals surface area contributed by atoms with Crippen molar-refractivity contribution >= 4 is 0 Å². The molecule has 12 heavy (non-hydrogen) atoms. The highest BCUT2D eigenvalue weighted by Gasteiger charge is 2.03. The molecule has 1 aromatic rings. The lowest BCUT2D eigenvalue weighted by Gasteiger charge is -2.08. The van der Waals surface area contributed by atoms with Gasteiger partial charge in [-0.2, -0.15) is 0 Å². The maximum atomic E-state index is 9.60. The third kappa shape index (κ3) is 1.79. The first-order valence-electron chi connectivity index (χ1n) is 4.44. The number of phenols is 1. The highest BCUT2D eigenvalue weighted by molar-refractivity contribution is 5.41. The van der Waals surface area contributed by atoms with Crippen LogP contribution < -0.4 is 0 Å². The van der Waals surface area contributed by atoms with Gasteiger partial charge in [0.15, 0.2) is 0 Å². The molecule has 66 valence electrons. The van der Waals surface area contributed by atoms with Crippen molar-refractivity contribution in [3.63, 3.8) is 0 Å². The van der Waals surface area contributed by atoms with Crippen LogP contribution in [0.2, 0.25) is 0 Å². The molecule has 0 saturated heterocycles. The maximum absolute atomic E-state index is 9.60. The highest BCUT2D eigenvalue weighted by atomic mass is 16.3. The van der Waals surface area contributed by atoms with Crippen LogP contribution in [0.4, 0.5) is 0 Å². The van der Waals surface area contributed by atoms with Crippen LogP contribution in [0.5, 0.6) is 5.75 Å². The molecule has 0 aromatic heterocycles. The minimum absolute atomic E-state index is 0.453. The van der Waals surface area contributed by atoms with Crippen molar-refractivity contribution in [2.45, 2.75) is 33.6 Å². The zero-order valence-corrected chi connectivity index (χ0v) is 8.02. The Bertz CT molecular complexity index is 253. The van der Waals surface area contributed by atoms with Crippen molar-refractivity contribution in [2.24, 2.45) is 0 Å². The Morgan fingerprint density at radius 1 is 1.25 bits per heavy atom. The monoisotopic (exact) mass is 164 g/mol. The Labute approximate surface area is 74.1 Å². The van der Waals surface area contributed by atoms with Crippen LogP contribution in [0.3, 0.4) is 0 Å². The van der Waals surface area contributed by atoms with Crippen LogP contribution in [0.25, 0.3) is 0 Å². The number of rotatable bonds is 2. The molecule has 0 aliphatic heterocycles. The number of benzene rings is 1. The van der Waals surface area contributed by atoms with Gasteiger partial charge < -0.3 is 5.11 Å². The fourth-order valence-electron chi connectivity index (χ4n) is 1.55. The number of aryl methyl sites for hydroxylation is 2. The molecular formula is C11H16O. The van der Waals surface area contributed by atoms with E-state index in [0.29, 0.717) is 5.75 Å². The smallest absolute Gasteiger partial charge is 0.119 e. The van der Waals surface area contributed by atoms with Gasteiger partial charge >= 0.3 is 0 Å². The molecule has 0 fully saturated rings. The standard InChI is InChI=1S/C11H16O/c1-4-5-10-9(3)6-8(2)7-11(10)12/h6-7,12H,4-5H2,1-3H3. The van der Waals surface area contributed by atoms with Crippen LogP contribution in [0, 0.1) is 13.8 Å². The van der Waals surface area contributed by atoms with Gasteiger partial charge in [-0.1, -0.05) is 19.4 Å². The lowest BCUT2D eigenvalue weighted by molar-refractivity contribution is 0.466. The number of phenolic OH excluding ortho intramolecular Hbond substituents is 1. The first-order chi connectivity index (χ1) is 5.65. The van der Waals surface area contributed by atoms with Gasteiger partial charge in [0, 0.05) is 0 Å². The molecule has 0 heterocycles. The van der Waals surface area contributed by atoms with Crippen molar-refractivity contribution in [1.29, 1.82) is 0 Å². The van der Waals surface area contributed by atoms with Crippen LogP contribution in [-0.2, 0) is 6.42 Å². The van der Waals surface area contributed by atoms with Crippen molar-refractivity contribution < 1.29 is 5.11 Å². The molecule has 0 radical (unpaired) electrons. The van der Waals surface area contributed by atoms with E-state index in [2.05, 4.69) is 19.9 Å². The quantitative estimate of drug-likeness (QED) is 0.712. The van der Waals surface area contributed by atoms with Gasteiger partial charge in [0.25, 0.3) is 0 Å². The Morgan fingerprint density at radius 2 is 1.92 bits per heavy atom. The Hall–Kier alpha value is -0.980. The van der Waals surface area contributed by atoms with Crippen LogP contribution in [0.1, 0.15) is 30.0 Å². The molecule has 1 nitrogen and oxygen atoms in total. The topological polar surface area (TPSA) is 20.2 Å². The summed E-state index contributed by atoms with van der Waals surface area (Å²) in [7, 11) is 0. The summed E-state index contributed by atoms with van der Waals surface area (Å²) in [5.74, 6) is 0.453. The van der Waals surface area contributed by atoms with Gasteiger partial charge in [-0.25, -0.2) is 0 Å². The molecular weight excluding hydrogens is 148 g/mol. The van der Waals surface area contributed by atoms with E-state index >= 15 is 0 Å². The molecule has 0 aliphatic carbocycles. The lowest BCUT2D eigenvalue weighted by atomic mass is 10.0. The van der Waals surface area contributed by atoms with Gasteiger partial charge in [-0.05, 0) is 43.0 Å². The molecule has 0 unspecified atom stereocenters. The maximum Gasteiger partial charge on any atom is 0.119 e. The number of hydrogen-bond acceptors (Lipinski definition) is 1. The first-order valence-corrected chi connectivity index (χ1v) is 4.44. The van der Waals surface area contributed by atoms with Crippen molar-refractivity contribution in [3.8, 4) is 5.75 Å². The summed E-state index contributed by atoms with van der Waals surface area (Å²) < 4.78 is 0. The van der Waals surface area contributed by atoms with E-state index in [1.807, 2.05) is 13.0 Å². The molecule has 0 spiro atoms. The Morgan fingerprint density at radius 3 is 2.42 bits per heavy atom. The zero-order chi connectivity index (χ0) is 9.14. The summed E-state index contributed by atoms with van der Waals surface area (Å²) >= 11 is 0. The average Bonchev–Trinajstić information content (AvgIpc) is 1.96. The molecule has 0 amide bonds. The SMILES string of the molecule is CCCc1c(C)cc(C)cc1O. The van der Waals surface area contributed by atoms with E-state index in [0.717, 1.165) is 24.0 Å². The number of hydrogen-bond donors (Lipinski definition) is 1. The van der Waals surface area contributed by atoms with E-state index in [1.54, 1.807) is 0 Å². The second-order valence-electron chi connectivity index (χ2n) is 3.33. The van der Waals surface area contributed by atoms with E-state index in [-0.39, 0.29) is 0 Å². The predicted molar refractivity (Wildman–Crippen MR) is 51.6 cm³/mol. The van der Waals surface area contributed by atoms with Gasteiger partial charge in [0.1, 0.15) is 5.75 Å². The summed E-state index contributed by atoms with van der Waals surface area (Å²) in [6.45, 7) is 6.18. The van der Waals surface area contributed by atoms with Gasteiger partial charge in [-0.3, -0.25) is 0 Å². The fourth-order valence-corrected chi connectivity index (χ4v) is 1.55. The van der Waals surface area contributed by atoms with E-state index in [1.165, 1.54) is 5.56 Å². The van der Waals surface area contributed by atoms with Crippen LogP contribution >= 0.6 is 0 Å². The van der Waals surface area contributed by atoms with Crippen LogP contribution in [-0.4, -0.2) is 5.11 Å². The van der Waals surface area contributed by atoms with Crippen molar-refractivity contribution in [3.05, 3.63) is 28.8 Å². The van der Waals surface area contributed by atoms with Crippen LogP contribution in [0.15, 0.2) is 12.1 Å². The molecule has 0 aliphatic rings. The highest BCUT2D eigenvalue weighted by Crippen LogP contribution is 2.23. The van der Waals surface area contributed by atoms with Crippen molar-refractivity contribution in [2.75, 3.05) is 0 Å². The normalized spacial score (nSPS) is 10.2. The van der Waals surface area contributed by atoms with E-state index in [4.69, 9.17) is 0 Å². The van der Waals surface area contributed by atoms with Gasteiger partial charge in [0.05, 0.1) is 0 Å². The zero-order valence-electron chi connectivity index (χ0n) is 8.02. The molecule has 1 heteroatoms. The molecule has 1 N–H and O–H groups in total. The third-order valence-corrected chi connectivity index (χ3v) is 2.09. The fraction of sp³-hybridized carbons (Fsp3) is 0.455. The largest absolute Gasteiger partial charge is 0.508 e. The van der Waals surface area contributed by atoms with Gasteiger partial charge in [0.2, 0.25) is 0 Å². The van der Waals surface area contributed by atoms with E-state index < -0.39 is 0 Å². The van der Waals surface area contributed by atoms with Crippen molar-refractivity contribution in [1.82, 2.24) is 0 Å². The first kappa shape index (κ1) is 9.11. The molecule has 1 rings (SSSR count).